The van der Waals surface area contributed by atoms with Crippen molar-refractivity contribution in [1.82, 2.24) is 0 Å². The van der Waals surface area contributed by atoms with Gasteiger partial charge in [0.05, 0.1) is 5.76 Å². The van der Waals surface area contributed by atoms with E-state index >= 15 is 0 Å². The third-order valence-electron chi connectivity index (χ3n) is 3.24. The number of hydrogen-bond donors (Lipinski definition) is 0. The molecule has 112 valence electrons. The molecule has 0 aliphatic rings. The van der Waals surface area contributed by atoms with Crippen LogP contribution in [0.4, 0.5) is 0 Å². The Hall–Kier alpha value is -1.02. The lowest BCUT2D eigenvalue weighted by molar-refractivity contribution is -0.0254. The third kappa shape index (κ3) is 5.16. The molecule has 0 aromatic heterocycles. The van der Waals surface area contributed by atoms with Crippen LogP contribution in [0.5, 0.6) is 0 Å². The molecule has 1 rings (SSSR count). The lowest BCUT2D eigenvalue weighted by Crippen LogP contribution is -2.31. The van der Waals surface area contributed by atoms with Gasteiger partial charge in [-0.2, -0.15) is 0 Å². The summed E-state index contributed by atoms with van der Waals surface area (Å²) in [4.78, 5) is 0. The van der Waals surface area contributed by atoms with Crippen molar-refractivity contribution >= 4 is 15.9 Å². The molecule has 1 aromatic rings. The highest BCUT2D eigenvalue weighted by Gasteiger charge is 2.32. The van der Waals surface area contributed by atoms with Crippen LogP contribution in [0.3, 0.4) is 0 Å². The van der Waals surface area contributed by atoms with Crippen LogP contribution in [-0.2, 0) is 10.3 Å². The molecule has 20 heavy (non-hydrogen) atoms. The monoisotopic (exact) mass is 338 g/mol. The lowest BCUT2D eigenvalue weighted by atomic mass is 9.85. The Bertz CT molecular complexity index is 431. The minimum absolute atomic E-state index is 0.329. The molecule has 1 unspecified atom stereocenters. The van der Waals surface area contributed by atoms with Crippen LogP contribution in [0.2, 0.25) is 0 Å². The minimum atomic E-state index is -0.329. The molecule has 0 saturated carbocycles. The fourth-order valence-corrected chi connectivity index (χ4v) is 2.09. The molecule has 0 aliphatic heterocycles. The molecule has 0 bridgehead atoms. The van der Waals surface area contributed by atoms with Crippen LogP contribution in [0, 0.1) is 5.92 Å². The molecule has 0 spiro atoms. The smallest absolute Gasteiger partial charge is 0.133 e. The van der Waals surface area contributed by atoms with Crippen molar-refractivity contribution in [3.63, 3.8) is 0 Å². The van der Waals surface area contributed by atoms with Crippen molar-refractivity contribution in [2.45, 2.75) is 47.1 Å². The van der Waals surface area contributed by atoms with Crippen molar-refractivity contribution in [2.75, 3.05) is 0 Å². The number of ether oxygens (including phenoxy) is 1. The third-order valence-corrected chi connectivity index (χ3v) is 3.77. The molecular formula is C18H27BrO. The van der Waals surface area contributed by atoms with E-state index in [-0.39, 0.29) is 5.60 Å². The van der Waals surface area contributed by atoms with E-state index < -0.39 is 0 Å². The summed E-state index contributed by atoms with van der Waals surface area (Å²) in [6.45, 7) is 16.1. The highest BCUT2D eigenvalue weighted by Crippen LogP contribution is 2.35. The topological polar surface area (TPSA) is 9.23 Å². The predicted octanol–water partition coefficient (Wildman–Crippen LogP) is 6.45. The number of allylic oxidation sites excluding steroid dienone is 3. The summed E-state index contributed by atoms with van der Waals surface area (Å²) in [7, 11) is 0. The molecule has 0 aliphatic carbocycles. The zero-order valence-electron chi connectivity index (χ0n) is 13.5. The van der Waals surface area contributed by atoms with E-state index in [1.165, 1.54) is 5.56 Å². The molecule has 0 saturated heterocycles. The van der Waals surface area contributed by atoms with Gasteiger partial charge in [0.2, 0.25) is 0 Å². The fraction of sp³-hybridized carbons (Fsp3) is 0.444. The van der Waals surface area contributed by atoms with Gasteiger partial charge < -0.3 is 4.74 Å². The molecule has 0 heterocycles. The van der Waals surface area contributed by atoms with Crippen molar-refractivity contribution in [3.05, 3.63) is 58.8 Å². The number of benzene rings is 1. The summed E-state index contributed by atoms with van der Waals surface area (Å²) in [6, 6.07) is 8.30. The molecule has 0 amide bonds. The second-order valence-electron chi connectivity index (χ2n) is 4.88. The average molecular weight is 339 g/mol. The first-order valence-electron chi connectivity index (χ1n) is 7.14. The number of halogens is 1. The maximum atomic E-state index is 6.14. The molecular weight excluding hydrogens is 312 g/mol. The summed E-state index contributed by atoms with van der Waals surface area (Å²) in [6.07, 6.45) is 3.64. The van der Waals surface area contributed by atoms with Crippen LogP contribution in [-0.4, -0.2) is 0 Å². The van der Waals surface area contributed by atoms with Gasteiger partial charge in [-0.1, -0.05) is 68.4 Å². The highest BCUT2D eigenvalue weighted by molar-refractivity contribution is 9.10. The SMILES string of the molecule is C=C/C=C(\C)OC(C)(c1ccc(Br)cc1)C(C)C.CC. The predicted molar refractivity (Wildman–Crippen MR) is 92.7 cm³/mol. The summed E-state index contributed by atoms with van der Waals surface area (Å²) >= 11 is 3.46. The van der Waals surface area contributed by atoms with Gasteiger partial charge in [-0.25, -0.2) is 0 Å². The number of rotatable bonds is 5. The standard InChI is InChI=1S/C16H21BrO.C2H6/c1-6-7-13(4)18-16(5,12(2)3)14-8-10-15(17)11-9-14;1-2/h6-12H,1H2,2-5H3;1-2H3/b13-7+;. The lowest BCUT2D eigenvalue weighted by Gasteiger charge is -2.35. The maximum Gasteiger partial charge on any atom is 0.133 e. The molecule has 1 nitrogen and oxygen atoms in total. The van der Waals surface area contributed by atoms with Gasteiger partial charge in [0, 0.05) is 4.47 Å². The first-order valence-corrected chi connectivity index (χ1v) is 7.94. The molecule has 0 radical (unpaired) electrons. The van der Waals surface area contributed by atoms with E-state index in [2.05, 4.69) is 55.4 Å². The Morgan fingerprint density at radius 1 is 1.25 bits per heavy atom. The van der Waals surface area contributed by atoms with Gasteiger partial charge in [0.1, 0.15) is 5.60 Å². The zero-order valence-corrected chi connectivity index (χ0v) is 15.1. The Kier molecular flexibility index (Phi) is 8.56. The summed E-state index contributed by atoms with van der Waals surface area (Å²) < 4.78 is 7.22. The number of hydrogen-bond acceptors (Lipinski definition) is 1. The summed E-state index contributed by atoms with van der Waals surface area (Å²) in [5.74, 6) is 1.25. The largest absolute Gasteiger partial charge is 0.487 e. The van der Waals surface area contributed by atoms with Crippen molar-refractivity contribution < 1.29 is 4.74 Å². The Morgan fingerprint density at radius 2 is 1.75 bits per heavy atom. The van der Waals surface area contributed by atoms with Gasteiger partial charge in [0.15, 0.2) is 0 Å². The van der Waals surface area contributed by atoms with Crippen LogP contribution in [0.25, 0.3) is 0 Å². The summed E-state index contributed by atoms with van der Waals surface area (Å²) in [5, 5.41) is 0. The second kappa shape index (κ2) is 9.02. The maximum absolute atomic E-state index is 6.14. The molecule has 1 aromatic carbocycles. The van der Waals surface area contributed by atoms with E-state index in [4.69, 9.17) is 4.74 Å². The van der Waals surface area contributed by atoms with Crippen molar-refractivity contribution in [1.29, 1.82) is 0 Å². The second-order valence-corrected chi connectivity index (χ2v) is 5.80. The Balaban J connectivity index is 0.00000172. The van der Waals surface area contributed by atoms with Gasteiger partial charge in [-0.15, -0.1) is 0 Å². The average Bonchev–Trinajstić information content (AvgIpc) is 2.41. The van der Waals surface area contributed by atoms with E-state index in [0.29, 0.717) is 5.92 Å². The van der Waals surface area contributed by atoms with Gasteiger partial charge in [-0.05, 0) is 43.5 Å². The Labute approximate surface area is 132 Å². The molecule has 2 heteroatoms. The first kappa shape index (κ1) is 19.0. The van der Waals surface area contributed by atoms with Crippen LogP contribution in [0.1, 0.15) is 47.1 Å². The van der Waals surface area contributed by atoms with E-state index in [0.717, 1.165) is 10.2 Å². The summed E-state index contributed by atoms with van der Waals surface area (Å²) in [5.41, 5.74) is 0.849. The van der Waals surface area contributed by atoms with Gasteiger partial charge in [0.25, 0.3) is 0 Å². The molecule has 0 N–H and O–H groups in total. The van der Waals surface area contributed by atoms with Gasteiger partial charge in [-0.3, -0.25) is 0 Å². The van der Waals surface area contributed by atoms with E-state index in [9.17, 15) is 0 Å². The minimum Gasteiger partial charge on any atom is -0.487 e. The fourth-order valence-electron chi connectivity index (χ4n) is 1.83. The van der Waals surface area contributed by atoms with E-state index in [1.807, 2.05) is 39.0 Å². The Morgan fingerprint density at radius 3 is 2.15 bits per heavy atom. The molecule has 0 fully saturated rings. The van der Waals surface area contributed by atoms with E-state index in [1.54, 1.807) is 6.08 Å². The molecule has 1 atom stereocenters. The van der Waals surface area contributed by atoms with Gasteiger partial charge >= 0.3 is 0 Å². The van der Waals surface area contributed by atoms with Crippen LogP contribution < -0.4 is 0 Å². The van der Waals surface area contributed by atoms with Crippen molar-refractivity contribution in [3.8, 4) is 0 Å². The zero-order chi connectivity index (χ0) is 15.8. The highest BCUT2D eigenvalue weighted by atomic mass is 79.9. The quantitative estimate of drug-likeness (QED) is 0.442. The van der Waals surface area contributed by atoms with Crippen LogP contribution in [0.15, 0.2) is 53.2 Å². The van der Waals surface area contributed by atoms with Crippen molar-refractivity contribution in [2.24, 2.45) is 5.92 Å². The normalized spacial score (nSPS) is 14.1. The van der Waals surface area contributed by atoms with Crippen LogP contribution >= 0.6 is 15.9 Å². The first-order chi connectivity index (χ1) is 9.40.